The average molecular weight is 432 g/mol. The number of nitrogens with one attached hydrogen (secondary N) is 1. The molecule has 0 bridgehead atoms. The summed E-state index contributed by atoms with van der Waals surface area (Å²) in [4.78, 5) is 2.45. The molecule has 6 heteroatoms. The molecule has 1 aliphatic rings. The van der Waals surface area contributed by atoms with Gasteiger partial charge in [-0.2, -0.15) is 5.26 Å². The van der Waals surface area contributed by atoms with Crippen LogP contribution in [0.3, 0.4) is 0 Å². The minimum atomic E-state index is 0.114. The van der Waals surface area contributed by atoms with Gasteiger partial charge in [-0.3, -0.25) is 4.90 Å². The molecule has 32 heavy (non-hydrogen) atoms. The van der Waals surface area contributed by atoms with E-state index in [1.807, 2.05) is 42.5 Å². The van der Waals surface area contributed by atoms with Crippen LogP contribution in [0, 0.1) is 11.3 Å². The maximum absolute atomic E-state index is 9.62. The van der Waals surface area contributed by atoms with Crippen LogP contribution in [0.2, 0.25) is 0 Å². The van der Waals surface area contributed by atoms with Crippen molar-refractivity contribution in [3.05, 3.63) is 71.3 Å². The van der Waals surface area contributed by atoms with Crippen molar-refractivity contribution in [2.45, 2.75) is 12.6 Å². The highest BCUT2D eigenvalue weighted by Crippen LogP contribution is 2.33. The predicted molar refractivity (Wildman–Crippen MR) is 125 cm³/mol. The first-order valence-corrected chi connectivity index (χ1v) is 10.9. The molecule has 1 fully saturated rings. The SMILES string of the molecule is COc1cccc(C(COCc2c(OC)c(C#N)cc3ccccc23)N2CCNCC2)c1. The number of nitrogens with zero attached hydrogens (tertiary/aromatic N) is 2. The molecule has 166 valence electrons. The van der Waals surface area contributed by atoms with Crippen LogP contribution >= 0.6 is 0 Å². The smallest absolute Gasteiger partial charge is 0.142 e. The number of ether oxygens (including phenoxy) is 3. The average Bonchev–Trinajstić information content (AvgIpc) is 2.86. The molecule has 0 aliphatic carbocycles. The molecule has 1 N–H and O–H groups in total. The molecule has 0 aromatic heterocycles. The number of rotatable bonds is 8. The fraction of sp³-hybridized carbons (Fsp3) is 0.346. The predicted octanol–water partition coefficient (Wildman–Crippen LogP) is 3.89. The summed E-state index contributed by atoms with van der Waals surface area (Å²) in [6.07, 6.45) is 0. The summed E-state index contributed by atoms with van der Waals surface area (Å²) >= 11 is 0. The number of nitriles is 1. The first-order chi connectivity index (χ1) is 15.7. The second-order valence-electron chi connectivity index (χ2n) is 7.86. The first kappa shape index (κ1) is 22.1. The number of piperazine rings is 1. The van der Waals surface area contributed by atoms with E-state index in [4.69, 9.17) is 14.2 Å². The Bertz CT molecular complexity index is 1100. The standard InChI is InChI=1S/C26H29N3O3/c1-30-22-8-5-7-20(15-22)25(29-12-10-28-11-13-29)18-32-17-24-23-9-4-3-6-19(23)14-21(16-27)26(24)31-2/h3-9,14-15,25,28H,10-13,17-18H2,1-2H3. The summed E-state index contributed by atoms with van der Waals surface area (Å²) in [7, 11) is 3.29. The van der Waals surface area contributed by atoms with Gasteiger partial charge in [0, 0.05) is 31.7 Å². The van der Waals surface area contributed by atoms with Gasteiger partial charge in [-0.15, -0.1) is 0 Å². The molecule has 0 radical (unpaired) electrons. The van der Waals surface area contributed by atoms with E-state index in [-0.39, 0.29) is 6.04 Å². The van der Waals surface area contributed by atoms with E-state index in [0.29, 0.717) is 24.5 Å². The number of fused-ring (bicyclic) bond motifs is 1. The third kappa shape index (κ3) is 4.71. The minimum Gasteiger partial charge on any atom is -0.497 e. The minimum absolute atomic E-state index is 0.114. The number of hydrogen-bond acceptors (Lipinski definition) is 6. The van der Waals surface area contributed by atoms with Crippen LogP contribution in [-0.2, 0) is 11.3 Å². The Morgan fingerprint density at radius 3 is 2.59 bits per heavy atom. The first-order valence-electron chi connectivity index (χ1n) is 10.9. The van der Waals surface area contributed by atoms with Crippen LogP contribution in [0.4, 0.5) is 0 Å². The van der Waals surface area contributed by atoms with Crippen molar-refractivity contribution in [1.29, 1.82) is 5.26 Å². The van der Waals surface area contributed by atoms with Crippen LogP contribution in [0.5, 0.6) is 11.5 Å². The molecule has 1 unspecified atom stereocenters. The molecule has 3 aromatic rings. The van der Waals surface area contributed by atoms with Gasteiger partial charge >= 0.3 is 0 Å². The zero-order valence-electron chi connectivity index (χ0n) is 18.6. The molecule has 1 aliphatic heterocycles. The van der Waals surface area contributed by atoms with E-state index < -0.39 is 0 Å². The summed E-state index contributed by atoms with van der Waals surface area (Å²) < 4.78 is 17.4. The zero-order chi connectivity index (χ0) is 22.3. The third-order valence-corrected chi connectivity index (χ3v) is 6.02. The van der Waals surface area contributed by atoms with Crippen molar-refractivity contribution in [2.75, 3.05) is 47.0 Å². The highest BCUT2D eigenvalue weighted by atomic mass is 16.5. The van der Waals surface area contributed by atoms with Gasteiger partial charge in [0.15, 0.2) is 0 Å². The molecule has 6 nitrogen and oxygen atoms in total. The van der Waals surface area contributed by atoms with E-state index >= 15 is 0 Å². The zero-order valence-corrected chi connectivity index (χ0v) is 18.6. The third-order valence-electron chi connectivity index (χ3n) is 6.02. The largest absolute Gasteiger partial charge is 0.497 e. The van der Waals surface area contributed by atoms with E-state index in [1.165, 1.54) is 5.56 Å². The molecular formula is C26H29N3O3. The van der Waals surface area contributed by atoms with Crippen LogP contribution in [0.1, 0.15) is 22.7 Å². The number of benzene rings is 3. The lowest BCUT2D eigenvalue weighted by molar-refractivity contribution is 0.0439. The highest BCUT2D eigenvalue weighted by molar-refractivity contribution is 5.89. The van der Waals surface area contributed by atoms with E-state index in [9.17, 15) is 5.26 Å². The van der Waals surface area contributed by atoms with Gasteiger partial charge in [-0.25, -0.2) is 0 Å². The van der Waals surface area contributed by atoms with Gasteiger partial charge in [-0.05, 0) is 34.5 Å². The van der Waals surface area contributed by atoms with Gasteiger partial charge in [0.1, 0.15) is 17.6 Å². The lowest BCUT2D eigenvalue weighted by Gasteiger charge is -2.35. The van der Waals surface area contributed by atoms with E-state index in [2.05, 4.69) is 28.4 Å². The molecule has 0 amide bonds. The van der Waals surface area contributed by atoms with E-state index in [1.54, 1.807) is 14.2 Å². The lowest BCUT2D eigenvalue weighted by Crippen LogP contribution is -2.46. The van der Waals surface area contributed by atoms with Crippen molar-refractivity contribution in [1.82, 2.24) is 10.2 Å². The molecular weight excluding hydrogens is 402 g/mol. The summed E-state index contributed by atoms with van der Waals surface area (Å²) in [5.74, 6) is 1.43. The van der Waals surface area contributed by atoms with Crippen molar-refractivity contribution >= 4 is 10.8 Å². The van der Waals surface area contributed by atoms with Gasteiger partial charge in [0.2, 0.25) is 0 Å². The molecule has 1 heterocycles. The fourth-order valence-electron chi connectivity index (χ4n) is 4.39. The maximum atomic E-state index is 9.62. The Balaban J connectivity index is 1.60. The Hall–Kier alpha value is -3.11. The molecule has 1 saturated heterocycles. The van der Waals surface area contributed by atoms with Gasteiger partial charge < -0.3 is 19.5 Å². The molecule has 0 spiro atoms. The Morgan fingerprint density at radius 2 is 1.84 bits per heavy atom. The van der Waals surface area contributed by atoms with Crippen LogP contribution in [0.25, 0.3) is 10.8 Å². The van der Waals surface area contributed by atoms with Crippen LogP contribution in [0.15, 0.2) is 54.6 Å². The number of methoxy groups -OCH3 is 2. The second kappa shape index (κ2) is 10.5. The van der Waals surface area contributed by atoms with Gasteiger partial charge in [0.25, 0.3) is 0 Å². The van der Waals surface area contributed by atoms with Crippen molar-refractivity contribution in [2.24, 2.45) is 0 Å². The van der Waals surface area contributed by atoms with Crippen molar-refractivity contribution in [3.63, 3.8) is 0 Å². The maximum Gasteiger partial charge on any atom is 0.142 e. The topological polar surface area (TPSA) is 66.8 Å². The van der Waals surface area contributed by atoms with E-state index in [0.717, 1.165) is 48.3 Å². The molecule has 0 saturated carbocycles. The quantitative estimate of drug-likeness (QED) is 0.584. The number of hydrogen-bond donors (Lipinski definition) is 1. The fourth-order valence-corrected chi connectivity index (χ4v) is 4.39. The van der Waals surface area contributed by atoms with Crippen LogP contribution in [-0.4, -0.2) is 51.9 Å². The lowest BCUT2D eigenvalue weighted by atomic mass is 10.00. The normalized spacial score (nSPS) is 15.3. The Morgan fingerprint density at radius 1 is 1.03 bits per heavy atom. The Kier molecular flexibility index (Phi) is 7.23. The van der Waals surface area contributed by atoms with Gasteiger partial charge in [-0.1, -0.05) is 36.4 Å². The van der Waals surface area contributed by atoms with Crippen molar-refractivity contribution in [3.8, 4) is 17.6 Å². The summed E-state index contributed by atoms with van der Waals surface area (Å²) in [6.45, 7) is 4.74. The summed E-state index contributed by atoms with van der Waals surface area (Å²) in [5, 5.41) is 15.1. The van der Waals surface area contributed by atoms with Crippen molar-refractivity contribution < 1.29 is 14.2 Å². The molecule has 3 aromatic carbocycles. The van der Waals surface area contributed by atoms with Crippen LogP contribution < -0.4 is 14.8 Å². The van der Waals surface area contributed by atoms with Gasteiger partial charge in [0.05, 0.1) is 39.0 Å². The highest BCUT2D eigenvalue weighted by Gasteiger charge is 2.23. The summed E-state index contributed by atoms with van der Waals surface area (Å²) in [6, 6.07) is 20.5. The second-order valence-corrected chi connectivity index (χ2v) is 7.86. The Labute approximate surface area is 189 Å². The molecule has 1 atom stereocenters. The molecule has 4 rings (SSSR count). The summed E-state index contributed by atoms with van der Waals surface area (Å²) in [5.41, 5.74) is 2.61. The monoisotopic (exact) mass is 431 g/mol.